The average molecular weight is 352 g/mol. The minimum atomic E-state index is 0.0718. The first kappa shape index (κ1) is 18.5. The number of nitrogens with zero attached hydrogens (tertiary/aromatic N) is 1. The zero-order valence-corrected chi connectivity index (χ0v) is 15.5. The fourth-order valence-corrected chi connectivity index (χ4v) is 3.42. The summed E-state index contributed by atoms with van der Waals surface area (Å²) in [5.74, 6) is 0.998. The first-order valence-electron chi connectivity index (χ1n) is 9.44. The van der Waals surface area contributed by atoms with Gasteiger partial charge in [0.2, 0.25) is 5.91 Å². The molecule has 0 unspecified atom stereocenters. The molecular weight excluding hydrogens is 324 g/mol. The fraction of sp³-hybridized carbons (Fsp3) is 0.409. The molecule has 138 valence electrons. The lowest BCUT2D eigenvalue weighted by atomic mass is 10.1. The lowest BCUT2D eigenvalue weighted by Crippen LogP contribution is -2.45. The third-order valence-electron chi connectivity index (χ3n) is 4.85. The molecule has 1 fully saturated rings. The van der Waals surface area contributed by atoms with Gasteiger partial charge in [0, 0.05) is 32.6 Å². The Balaban J connectivity index is 1.37. The molecule has 4 nitrogen and oxygen atoms in total. The van der Waals surface area contributed by atoms with Crippen LogP contribution in [0.2, 0.25) is 0 Å². The Morgan fingerprint density at radius 2 is 1.69 bits per heavy atom. The predicted octanol–water partition coefficient (Wildman–Crippen LogP) is 3.26. The topological polar surface area (TPSA) is 41.6 Å². The lowest BCUT2D eigenvalue weighted by molar-refractivity contribution is -0.119. The van der Waals surface area contributed by atoms with Crippen molar-refractivity contribution >= 4 is 5.91 Å². The molecule has 0 bridgehead atoms. The van der Waals surface area contributed by atoms with Gasteiger partial charge in [0.1, 0.15) is 12.4 Å². The summed E-state index contributed by atoms with van der Waals surface area (Å²) in [6.45, 7) is 5.25. The number of piperidine rings is 1. The van der Waals surface area contributed by atoms with Gasteiger partial charge < -0.3 is 10.1 Å². The molecule has 1 aliphatic heterocycles. The van der Waals surface area contributed by atoms with Gasteiger partial charge in [-0.3, -0.25) is 9.69 Å². The maximum absolute atomic E-state index is 11.1. The predicted molar refractivity (Wildman–Crippen MR) is 104 cm³/mol. The molecular formula is C22H28N2O2. The van der Waals surface area contributed by atoms with Crippen molar-refractivity contribution in [1.82, 2.24) is 10.2 Å². The van der Waals surface area contributed by atoms with E-state index in [1.165, 1.54) is 11.1 Å². The minimum Gasteiger partial charge on any atom is -0.492 e. The SMILES string of the molecule is CC(=O)NC1CCN(CCOc2ccc(Cc3ccccc3)cc2)CC1. The van der Waals surface area contributed by atoms with E-state index in [-0.39, 0.29) is 5.91 Å². The maximum atomic E-state index is 11.1. The van der Waals surface area contributed by atoms with E-state index in [9.17, 15) is 4.79 Å². The molecule has 0 aliphatic carbocycles. The van der Waals surface area contributed by atoms with Crippen LogP contribution in [0.1, 0.15) is 30.9 Å². The number of ether oxygens (including phenoxy) is 1. The summed E-state index contributed by atoms with van der Waals surface area (Å²) >= 11 is 0. The number of carbonyl (C=O) groups excluding carboxylic acids is 1. The molecule has 1 aliphatic rings. The van der Waals surface area contributed by atoms with Crippen molar-refractivity contribution in [3.05, 3.63) is 65.7 Å². The Labute approximate surface area is 156 Å². The molecule has 0 atom stereocenters. The summed E-state index contributed by atoms with van der Waals surface area (Å²) in [5.41, 5.74) is 2.62. The van der Waals surface area contributed by atoms with Gasteiger partial charge in [-0.25, -0.2) is 0 Å². The van der Waals surface area contributed by atoms with E-state index < -0.39 is 0 Å². The standard InChI is InChI=1S/C22H28N2O2/c1-18(25)23-21-11-13-24(14-12-21)15-16-26-22-9-7-20(8-10-22)17-19-5-3-2-4-6-19/h2-10,21H,11-17H2,1H3,(H,23,25). The number of likely N-dealkylation sites (tertiary alicyclic amines) is 1. The number of benzene rings is 2. The summed E-state index contributed by atoms with van der Waals surface area (Å²) in [5, 5.41) is 3.01. The molecule has 1 saturated heterocycles. The van der Waals surface area contributed by atoms with Crippen LogP contribution in [0.15, 0.2) is 54.6 Å². The van der Waals surface area contributed by atoms with Crippen LogP contribution in [0, 0.1) is 0 Å². The van der Waals surface area contributed by atoms with Crippen molar-refractivity contribution < 1.29 is 9.53 Å². The number of carbonyl (C=O) groups is 1. The van der Waals surface area contributed by atoms with Crippen LogP contribution < -0.4 is 10.1 Å². The van der Waals surface area contributed by atoms with Crippen molar-refractivity contribution in [2.75, 3.05) is 26.2 Å². The van der Waals surface area contributed by atoms with Crippen LogP contribution >= 0.6 is 0 Å². The molecule has 0 saturated carbocycles. The van der Waals surface area contributed by atoms with Crippen LogP contribution in [0.4, 0.5) is 0 Å². The first-order valence-corrected chi connectivity index (χ1v) is 9.44. The maximum Gasteiger partial charge on any atom is 0.217 e. The van der Waals surface area contributed by atoms with Crippen molar-refractivity contribution in [3.8, 4) is 5.75 Å². The smallest absolute Gasteiger partial charge is 0.217 e. The van der Waals surface area contributed by atoms with Crippen molar-refractivity contribution in [2.24, 2.45) is 0 Å². The monoisotopic (exact) mass is 352 g/mol. The number of hydrogen-bond donors (Lipinski definition) is 1. The Kier molecular flexibility index (Phi) is 6.67. The Hall–Kier alpha value is -2.33. The van der Waals surface area contributed by atoms with Crippen molar-refractivity contribution in [3.63, 3.8) is 0 Å². The highest BCUT2D eigenvalue weighted by molar-refractivity contribution is 5.73. The van der Waals surface area contributed by atoms with Gasteiger partial charge >= 0.3 is 0 Å². The second kappa shape index (κ2) is 9.39. The molecule has 4 heteroatoms. The van der Waals surface area contributed by atoms with E-state index in [0.29, 0.717) is 12.6 Å². The summed E-state index contributed by atoms with van der Waals surface area (Å²) in [4.78, 5) is 13.5. The number of amides is 1. The van der Waals surface area contributed by atoms with Crippen molar-refractivity contribution in [1.29, 1.82) is 0 Å². The van der Waals surface area contributed by atoms with E-state index in [2.05, 4.69) is 58.7 Å². The molecule has 0 aromatic heterocycles. The number of rotatable bonds is 7. The van der Waals surface area contributed by atoms with Gasteiger partial charge in [0.05, 0.1) is 0 Å². The van der Waals surface area contributed by atoms with Crippen LogP contribution in [0.3, 0.4) is 0 Å². The quantitative estimate of drug-likeness (QED) is 0.832. The third-order valence-corrected chi connectivity index (χ3v) is 4.85. The van der Waals surface area contributed by atoms with Crippen LogP contribution in [0.25, 0.3) is 0 Å². The summed E-state index contributed by atoms with van der Waals surface area (Å²) in [7, 11) is 0. The molecule has 0 radical (unpaired) electrons. The highest BCUT2D eigenvalue weighted by atomic mass is 16.5. The molecule has 26 heavy (non-hydrogen) atoms. The summed E-state index contributed by atoms with van der Waals surface area (Å²) < 4.78 is 5.89. The second-order valence-corrected chi connectivity index (χ2v) is 6.97. The molecule has 1 amide bonds. The molecule has 1 N–H and O–H groups in total. The molecule has 0 spiro atoms. The molecule has 1 heterocycles. The van der Waals surface area contributed by atoms with Crippen LogP contribution in [0.5, 0.6) is 5.75 Å². The summed E-state index contributed by atoms with van der Waals surface area (Å²) in [6.07, 6.45) is 2.99. The largest absolute Gasteiger partial charge is 0.492 e. The lowest BCUT2D eigenvalue weighted by Gasteiger charge is -2.31. The van der Waals surface area contributed by atoms with E-state index >= 15 is 0 Å². The fourth-order valence-electron chi connectivity index (χ4n) is 3.42. The van der Waals surface area contributed by atoms with Gasteiger partial charge in [-0.15, -0.1) is 0 Å². The van der Waals surface area contributed by atoms with E-state index in [1.54, 1.807) is 6.92 Å². The highest BCUT2D eigenvalue weighted by Crippen LogP contribution is 2.16. The third kappa shape index (κ3) is 5.88. The molecule has 3 rings (SSSR count). The highest BCUT2D eigenvalue weighted by Gasteiger charge is 2.19. The molecule has 2 aromatic carbocycles. The zero-order valence-electron chi connectivity index (χ0n) is 15.5. The van der Waals surface area contributed by atoms with E-state index in [4.69, 9.17) is 4.74 Å². The van der Waals surface area contributed by atoms with Crippen molar-refractivity contribution in [2.45, 2.75) is 32.2 Å². The van der Waals surface area contributed by atoms with Gasteiger partial charge in [-0.2, -0.15) is 0 Å². The van der Waals surface area contributed by atoms with E-state index in [0.717, 1.165) is 44.6 Å². The first-order chi connectivity index (χ1) is 12.7. The summed E-state index contributed by atoms with van der Waals surface area (Å²) in [6, 6.07) is 19.2. The Bertz CT molecular complexity index is 677. The molecule has 2 aromatic rings. The van der Waals surface area contributed by atoms with Crippen LogP contribution in [-0.4, -0.2) is 43.1 Å². The average Bonchev–Trinajstić information content (AvgIpc) is 2.65. The Morgan fingerprint density at radius 1 is 1.04 bits per heavy atom. The van der Waals surface area contributed by atoms with Gasteiger partial charge in [0.15, 0.2) is 0 Å². The van der Waals surface area contributed by atoms with Gasteiger partial charge in [-0.05, 0) is 42.5 Å². The van der Waals surface area contributed by atoms with Gasteiger partial charge in [-0.1, -0.05) is 42.5 Å². The Morgan fingerprint density at radius 3 is 2.35 bits per heavy atom. The van der Waals surface area contributed by atoms with Crippen LogP contribution in [-0.2, 0) is 11.2 Å². The number of nitrogens with one attached hydrogen (secondary N) is 1. The van der Waals surface area contributed by atoms with E-state index in [1.807, 2.05) is 6.07 Å². The minimum absolute atomic E-state index is 0.0718. The normalized spacial score (nSPS) is 15.6. The van der Waals surface area contributed by atoms with Gasteiger partial charge in [0.25, 0.3) is 0 Å². The second-order valence-electron chi connectivity index (χ2n) is 6.97. The number of hydrogen-bond acceptors (Lipinski definition) is 3. The zero-order chi connectivity index (χ0) is 18.2.